The van der Waals surface area contributed by atoms with Crippen molar-refractivity contribution in [2.75, 3.05) is 6.54 Å². The molecule has 0 heterocycles. The predicted molar refractivity (Wildman–Crippen MR) is 83.3 cm³/mol. The van der Waals surface area contributed by atoms with Crippen LogP contribution < -0.4 is 5.32 Å². The fourth-order valence-corrected chi connectivity index (χ4v) is 3.59. The van der Waals surface area contributed by atoms with Gasteiger partial charge in [0, 0.05) is 6.04 Å². The summed E-state index contributed by atoms with van der Waals surface area (Å²) >= 11 is 0. The van der Waals surface area contributed by atoms with E-state index >= 15 is 0 Å². The summed E-state index contributed by atoms with van der Waals surface area (Å²) in [6, 6.07) is 4.66. The molecule has 3 heteroatoms. The standard InChI is InChI=1S/C18H27F2N/c1-3-13-5-8-15(9-6-13)18(21-4-2)12-14-7-10-16(19)17(20)11-14/h7,10-11,13,15,18,21H,3-6,8-9,12H2,1-2H3. The van der Waals surface area contributed by atoms with Crippen molar-refractivity contribution in [1.29, 1.82) is 0 Å². The molecule has 0 amide bonds. The van der Waals surface area contributed by atoms with E-state index < -0.39 is 11.6 Å². The number of likely N-dealkylation sites (N-methyl/N-ethyl adjacent to an activating group) is 1. The highest BCUT2D eigenvalue weighted by Crippen LogP contribution is 2.33. The van der Waals surface area contributed by atoms with Crippen LogP contribution in [0.1, 0.15) is 51.5 Å². The van der Waals surface area contributed by atoms with Gasteiger partial charge < -0.3 is 5.32 Å². The molecule has 0 radical (unpaired) electrons. The quantitative estimate of drug-likeness (QED) is 0.802. The predicted octanol–water partition coefficient (Wildman–Crippen LogP) is 4.70. The van der Waals surface area contributed by atoms with Crippen LogP contribution in [0.3, 0.4) is 0 Å². The summed E-state index contributed by atoms with van der Waals surface area (Å²) < 4.78 is 26.4. The molecule has 0 aromatic heterocycles. The van der Waals surface area contributed by atoms with Gasteiger partial charge in [-0.2, -0.15) is 0 Å². The minimum Gasteiger partial charge on any atom is -0.314 e. The van der Waals surface area contributed by atoms with E-state index in [9.17, 15) is 8.78 Å². The van der Waals surface area contributed by atoms with Crippen molar-refractivity contribution >= 4 is 0 Å². The Balaban J connectivity index is 2.00. The highest BCUT2D eigenvalue weighted by Gasteiger charge is 2.26. The van der Waals surface area contributed by atoms with Gasteiger partial charge in [0.05, 0.1) is 0 Å². The monoisotopic (exact) mass is 295 g/mol. The molecule has 1 aliphatic carbocycles. The van der Waals surface area contributed by atoms with Gasteiger partial charge in [0.25, 0.3) is 0 Å². The molecule has 1 aromatic carbocycles. The molecule has 1 aromatic rings. The van der Waals surface area contributed by atoms with Crippen LogP contribution in [0.15, 0.2) is 18.2 Å². The molecule has 0 spiro atoms. The number of benzene rings is 1. The average Bonchev–Trinajstić information content (AvgIpc) is 2.50. The van der Waals surface area contributed by atoms with Gasteiger partial charge in [-0.15, -0.1) is 0 Å². The van der Waals surface area contributed by atoms with Crippen LogP contribution in [-0.4, -0.2) is 12.6 Å². The minimum absolute atomic E-state index is 0.373. The Morgan fingerprint density at radius 1 is 1.10 bits per heavy atom. The lowest BCUT2D eigenvalue weighted by Gasteiger charge is -2.34. The Kier molecular flexibility index (Phi) is 6.16. The summed E-state index contributed by atoms with van der Waals surface area (Å²) in [6.45, 7) is 5.30. The topological polar surface area (TPSA) is 12.0 Å². The van der Waals surface area contributed by atoms with Gasteiger partial charge in [0.15, 0.2) is 11.6 Å². The number of halogens is 2. The Bertz CT molecular complexity index is 439. The molecule has 0 bridgehead atoms. The van der Waals surface area contributed by atoms with Gasteiger partial charge in [0.2, 0.25) is 0 Å². The number of nitrogens with one attached hydrogen (secondary N) is 1. The highest BCUT2D eigenvalue weighted by molar-refractivity contribution is 5.19. The molecule has 118 valence electrons. The van der Waals surface area contributed by atoms with Gasteiger partial charge in [-0.3, -0.25) is 0 Å². The molecular weight excluding hydrogens is 268 g/mol. The van der Waals surface area contributed by atoms with E-state index in [1.54, 1.807) is 6.07 Å². The number of hydrogen-bond donors (Lipinski definition) is 1. The second kappa shape index (κ2) is 7.88. The van der Waals surface area contributed by atoms with Crippen molar-refractivity contribution < 1.29 is 8.78 Å². The van der Waals surface area contributed by atoms with Crippen molar-refractivity contribution in [3.8, 4) is 0 Å². The first-order valence-corrected chi connectivity index (χ1v) is 8.31. The van der Waals surface area contributed by atoms with Crippen molar-refractivity contribution in [3.63, 3.8) is 0 Å². The lowest BCUT2D eigenvalue weighted by molar-refractivity contribution is 0.218. The van der Waals surface area contributed by atoms with Crippen LogP contribution in [0.25, 0.3) is 0 Å². The van der Waals surface area contributed by atoms with Crippen LogP contribution in [0.2, 0.25) is 0 Å². The van der Waals surface area contributed by atoms with Crippen LogP contribution in [0.4, 0.5) is 8.78 Å². The summed E-state index contributed by atoms with van der Waals surface area (Å²) in [4.78, 5) is 0. The summed E-state index contributed by atoms with van der Waals surface area (Å²) in [5, 5.41) is 3.55. The normalized spacial score (nSPS) is 24.0. The zero-order valence-corrected chi connectivity index (χ0v) is 13.2. The van der Waals surface area contributed by atoms with E-state index in [0.29, 0.717) is 12.0 Å². The smallest absolute Gasteiger partial charge is 0.159 e. The average molecular weight is 295 g/mol. The van der Waals surface area contributed by atoms with Crippen molar-refractivity contribution in [1.82, 2.24) is 5.32 Å². The third-order valence-electron chi connectivity index (χ3n) is 4.94. The summed E-state index contributed by atoms with van der Waals surface area (Å²) in [5.74, 6) is 0.0345. The van der Waals surface area contributed by atoms with E-state index in [-0.39, 0.29) is 0 Å². The van der Waals surface area contributed by atoms with E-state index in [4.69, 9.17) is 0 Å². The maximum atomic E-state index is 13.4. The maximum absolute atomic E-state index is 13.4. The largest absolute Gasteiger partial charge is 0.314 e. The fourth-order valence-electron chi connectivity index (χ4n) is 3.59. The minimum atomic E-state index is -0.762. The van der Waals surface area contributed by atoms with Gasteiger partial charge in [-0.05, 0) is 55.3 Å². The summed E-state index contributed by atoms with van der Waals surface area (Å²) in [6.07, 6.45) is 7.18. The Hall–Kier alpha value is -0.960. The molecule has 1 fully saturated rings. The lowest BCUT2D eigenvalue weighted by Crippen LogP contribution is -2.39. The molecule has 0 saturated heterocycles. The van der Waals surface area contributed by atoms with Crippen molar-refractivity contribution in [2.45, 2.75) is 58.4 Å². The third kappa shape index (κ3) is 4.50. The molecule has 1 aliphatic rings. The van der Waals surface area contributed by atoms with E-state index in [2.05, 4.69) is 19.2 Å². The van der Waals surface area contributed by atoms with E-state index in [0.717, 1.165) is 24.4 Å². The molecule has 1 saturated carbocycles. The molecule has 1 atom stereocenters. The van der Waals surface area contributed by atoms with Crippen molar-refractivity contribution in [2.24, 2.45) is 11.8 Å². The summed E-state index contributed by atoms with van der Waals surface area (Å²) in [7, 11) is 0. The Morgan fingerprint density at radius 3 is 2.38 bits per heavy atom. The molecule has 1 unspecified atom stereocenters. The lowest BCUT2D eigenvalue weighted by atomic mass is 9.76. The zero-order valence-electron chi connectivity index (χ0n) is 13.2. The second-order valence-corrected chi connectivity index (χ2v) is 6.31. The van der Waals surface area contributed by atoms with E-state index in [1.807, 2.05) is 0 Å². The van der Waals surface area contributed by atoms with Crippen molar-refractivity contribution in [3.05, 3.63) is 35.4 Å². The molecule has 2 rings (SSSR count). The maximum Gasteiger partial charge on any atom is 0.159 e. The van der Waals surface area contributed by atoms with Crippen LogP contribution in [-0.2, 0) is 6.42 Å². The molecule has 0 aliphatic heterocycles. The first-order chi connectivity index (χ1) is 10.1. The van der Waals surface area contributed by atoms with Crippen LogP contribution in [0.5, 0.6) is 0 Å². The first kappa shape index (κ1) is 16.4. The Morgan fingerprint density at radius 2 is 1.81 bits per heavy atom. The molecule has 1 N–H and O–H groups in total. The van der Waals surface area contributed by atoms with Gasteiger partial charge in [-0.1, -0.05) is 39.2 Å². The zero-order chi connectivity index (χ0) is 15.2. The van der Waals surface area contributed by atoms with E-state index in [1.165, 1.54) is 44.2 Å². The molecule has 21 heavy (non-hydrogen) atoms. The molecule has 1 nitrogen and oxygen atoms in total. The number of hydrogen-bond acceptors (Lipinski definition) is 1. The van der Waals surface area contributed by atoms with Crippen LogP contribution in [0, 0.1) is 23.5 Å². The van der Waals surface area contributed by atoms with Crippen LogP contribution >= 0.6 is 0 Å². The number of rotatable bonds is 6. The van der Waals surface area contributed by atoms with Gasteiger partial charge in [-0.25, -0.2) is 8.78 Å². The fraction of sp³-hybridized carbons (Fsp3) is 0.667. The molecular formula is C18H27F2N. The van der Waals surface area contributed by atoms with Gasteiger partial charge >= 0.3 is 0 Å². The first-order valence-electron chi connectivity index (χ1n) is 8.31. The summed E-state index contributed by atoms with van der Waals surface area (Å²) in [5.41, 5.74) is 0.887. The highest BCUT2D eigenvalue weighted by atomic mass is 19.2. The van der Waals surface area contributed by atoms with Gasteiger partial charge in [0.1, 0.15) is 0 Å². The second-order valence-electron chi connectivity index (χ2n) is 6.31. The third-order valence-corrected chi connectivity index (χ3v) is 4.94. The SMILES string of the molecule is CCNC(Cc1ccc(F)c(F)c1)C1CCC(CC)CC1. The Labute approximate surface area is 127 Å².